The van der Waals surface area contributed by atoms with Crippen molar-refractivity contribution in [3.8, 4) is 10.7 Å². The Balaban J connectivity index is 1.20. The van der Waals surface area contributed by atoms with Crippen LogP contribution in [0.5, 0.6) is 0 Å². The molecule has 0 aliphatic carbocycles. The lowest BCUT2D eigenvalue weighted by atomic mass is 9.88. The summed E-state index contributed by atoms with van der Waals surface area (Å²) in [4.78, 5) is 32.8. The summed E-state index contributed by atoms with van der Waals surface area (Å²) >= 11 is 4.80. The molecule has 1 N–H and O–H groups in total. The first kappa shape index (κ1) is 24.2. The Morgan fingerprint density at radius 2 is 2.14 bits per heavy atom. The topological polar surface area (TPSA) is 97.6 Å². The van der Waals surface area contributed by atoms with Crippen LogP contribution in [-0.2, 0) is 16.1 Å². The zero-order valence-electron chi connectivity index (χ0n) is 19.5. The Hall–Kier alpha value is -3.15. The zero-order valence-corrected chi connectivity index (χ0v) is 21.9. The lowest BCUT2D eigenvalue weighted by Crippen LogP contribution is -2.55. The van der Waals surface area contributed by atoms with Crippen LogP contribution in [0, 0.1) is 11.7 Å². The molecule has 0 bridgehead atoms. The summed E-state index contributed by atoms with van der Waals surface area (Å²) in [6, 6.07) is 9.56. The maximum Gasteiger partial charge on any atom is 0.254 e. The third-order valence-corrected chi connectivity index (χ3v) is 8.48. The molecule has 2 amide bonds. The molecule has 8 nitrogen and oxygen atoms in total. The minimum Gasteiger partial charge on any atom is -0.376 e. The number of aromatic nitrogens is 2. The highest BCUT2D eigenvalue weighted by Crippen LogP contribution is 2.34. The molecule has 4 heterocycles. The van der Waals surface area contributed by atoms with Crippen LogP contribution in [0.25, 0.3) is 21.7 Å². The van der Waals surface area contributed by atoms with Gasteiger partial charge in [-0.05, 0) is 48.7 Å². The van der Waals surface area contributed by atoms with Crippen molar-refractivity contribution in [2.24, 2.45) is 5.92 Å². The van der Waals surface area contributed by atoms with E-state index in [9.17, 15) is 14.0 Å². The number of halogens is 2. The number of hydrogen-bond donors (Lipinski definition) is 1. The Bertz CT molecular complexity index is 1480. The largest absolute Gasteiger partial charge is 0.376 e. The number of thiazole rings is 1. The molecule has 2 aromatic heterocycles. The van der Waals surface area contributed by atoms with E-state index in [0.29, 0.717) is 40.9 Å². The van der Waals surface area contributed by atoms with Gasteiger partial charge < -0.3 is 19.5 Å². The van der Waals surface area contributed by atoms with Gasteiger partial charge in [0.2, 0.25) is 5.91 Å². The molecule has 0 radical (unpaired) electrons. The van der Waals surface area contributed by atoms with Crippen molar-refractivity contribution in [3.63, 3.8) is 0 Å². The van der Waals surface area contributed by atoms with Crippen LogP contribution in [0.3, 0.4) is 0 Å². The third-order valence-electron chi connectivity index (χ3n) is 6.96. The highest BCUT2D eigenvalue weighted by atomic mass is 79.9. The quantitative estimate of drug-likeness (QED) is 0.362. The number of carbonyl (C=O) groups is 2. The first-order chi connectivity index (χ1) is 18.0. The summed E-state index contributed by atoms with van der Waals surface area (Å²) in [5.74, 6) is -1.11. The smallest absolute Gasteiger partial charge is 0.254 e. The normalized spacial score (nSPS) is 21.2. The van der Waals surface area contributed by atoms with Gasteiger partial charge in [0.05, 0.1) is 23.4 Å². The first-order valence-electron chi connectivity index (χ1n) is 11.9. The van der Waals surface area contributed by atoms with Crippen molar-refractivity contribution in [1.29, 1.82) is 0 Å². The standard InChI is InChI=1S/C26H22BrFN4O4S/c27-19-11-17(28)3-1-15(19)12-30-24(33)16-10-22-20(5-7-35-22)32(13-16)26(34)14-2-4-18-21(9-14)36-31-23(18)25-29-6-8-37-25/h1-4,6,8-9,11,16,20,22H,5,7,10,12-13H2,(H,30,33)/t16-,20-,22-/m1/s1. The number of benzene rings is 2. The Morgan fingerprint density at radius 3 is 2.95 bits per heavy atom. The number of carbonyl (C=O) groups excluding carboxylic acids is 2. The minimum atomic E-state index is -0.423. The number of ether oxygens (including phenoxy) is 1. The molecule has 2 fully saturated rings. The van der Waals surface area contributed by atoms with E-state index in [1.807, 2.05) is 11.4 Å². The van der Waals surface area contributed by atoms with Crippen molar-refractivity contribution in [2.75, 3.05) is 13.2 Å². The fraction of sp³-hybridized carbons (Fsp3) is 0.308. The van der Waals surface area contributed by atoms with Gasteiger partial charge in [0, 0.05) is 41.3 Å². The number of rotatable bonds is 5. The Labute approximate surface area is 223 Å². The summed E-state index contributed by atoms with van der Waals surface area (Å²) in [5, 5.41) is 10.5. The second kappa shape index (κ2) is 9.96. The first-order valence-corrected chi connectivity index (χ1v) is 13.6. The Morgan fingerprint density at radius 1 is 1.24 bits per heavy atom. The fourth-order valence-electron chi connectivity index (χ4n) is 5.09. The van der Waals surface area contributed by atoms with Gasteiger partial charge in [0.1, 0.15) is 16.5 Å². The fourth-order valence-corrected chi connectivity index (χ4v) is 6.21. The van der Waals surface area contributed by atoms with E-state index in [1.165, 1.54) is 23.5 Å². The van der Waals surface area contributed by atoms with Gasteiger partial charge >= 0.3 is 0 Å². The van der Waals surface area contributed by atoms with Crippen molar-refractivity contribution in [1.82, 2.24) is 20.4 Å². The number of amides is 2. The molecule has 2 aliphatic rings. The maximum absolute atomic E-state index is 13.7. The predicted octanol–water partition coefficient (Wildman–Crippen LogP) is 4.79. The average molecular weight is 585 g/mol. The molecule has 2 aliphatic heterocycles. The van der Waals surface area contributed by atoms with E-state index in [-0.39, 0.29) is 36.3 Å². The van der Waals surface area contributed by atoms with Gasteiger partial charge in [-0.15, -0.1) is 11.3 Å². The molecule has 6 rings (SSSR count). The van der Waals surface area contributed by atoms with Crippen LogP contribution in [0.4, 0.5) is 4.39 Å². The van der Waals surface area contributed by atoms with Crippen LogP contribution in [0.1, 0.15) is 28.8 Å². The van der Waals surface area contributed by atoms with Gasteiger partial charge in [-0.1, -0.05) is 27.2 Å². The molecule has 37 heavy (non-hydrogen) atoms. The molecule has 4 aromatic rings. The summed E-state index contributed by atoms with van der Waals surface area (Å²) in [6.07, 6.45) is 2.78. The van der Waals surface area contributed by atoms with Gasteiger partial charge in [-0.3, -0.25) is 9.59 Å². The summed E-state index contributed by atoms with van der Waals surface area (Å²) < 4.78 is 25.4. The summed E-state index contributed by atoms with van der Waals surface area (Å²) in [7, 11) is 0. The SMILES string of the molecule is O=C(NCc1ccc(F)cc1Br)[C@@H]1C[C@H]2OCC[C@H]2N(C(=O)c2ccc3c(-c4nccs4)noc3c2)C1. The van der Waals surface area contributed by atoms with Crippen LogP contribution in [0.2, 0.25) is 0 Å². The van der Waals surface area contributed by atoms with Crippen LogP contribution in [-0.4, -0.2) is 52.2 Å². The van der Waals surface area contributed by atoms with Gasteiger partial charge in [0.25, 0.3) is 5.91 Å². The second-order valence-electron chi connectivity index (χ2n) is 9.19. The van der Waals surface area contributed by atoms with Crippen LogP contribution < -0.4 is 5.32 Å². The van der Waals surface area contributed by atoms with E-state index in [0.717, 1.165) is 22.4 Å². The molecule has 3 atom stereocenters. The van der Waals surface area contributed by atoms with Gasteiger partial charge in [-0.2, -0.15) is 0 Å². The maximum atomic E-state index is 13.7. The van der Waals surface area contributed by atoms with E-state index < -0.39 is 5.92 Å². The highest BCUT2D eigenvalue weighted by molar-refractivity contribution is 9.10. The van der Waals surface area contributed by atoms with E-state index in [4.69, 9.17) is 9.26 Å². The molecule has 0 saturated carbocycles. The zero-order chi connectivity index (χ0) is 25.5. The lowest BCUT2D eigenvalue weighted by Gasteiger charge is -2.40. The minimum absolute atomic E-state index is 0.0842. The number of nitrogens with zero attached hydrogens (tertiary/aromatic N) is 3. The van der Waals surface area contributed by atoms with E-state index in [1.54, 1.807) is 29.3 Å². The second-order valence-corrected chi connectivity index (χ2v) is 10.9. The van der Waals surface area contributed by atoms with Crippen LogP contribution in [0.15, 0.2) is 57.0 Å². The molecule has 0 spiro atoms. The molecule has 190 valence electrons. The molecule has 2 saturated heterocycles. The third kappa shape index (κ3) is 4.67. The molecule has 2 aromatic carbocycles. The molecule has 11 heteroatoms. The lowest BCUT2D eigenvalue weighted by molar-refractivity contribution is -0.128. The number of piperidine rings is 1. The molecular weight excluding hydrogens is 563 g/mol. The van der Waals surface area contributed by atoms with Crippen molar-refractivity contribution in [2.45, 2.75) is 31.5 Å². The number of nitrogens with one attached hydrogen (secondary N) is 1. The van der Waals surface area contributed by atoms with E-state index >= 15 is 0 Å². The molecular formula is C26H22BrFN4O4S. The van der Waals surface area contributed by atoms with Crippen molar-refractivity contribution >= 4 is 50.1 Å². The van der Waals surface area contributed by atoms with Crippen molar-refractivity contribution < 1.29 is 23.2 Å². The van der Waals surface area contributed by atoms with Gasteiger partial charge in [-0.25, -0.2) is 9.37 Å². The summed E-state index contributed by atoms with van der Waals surface area (Å²) in [5.41, 5.74) is 2.39. The average Bonchev–Trinajstić information content (AvgIpc) is 3.67. The predicted molar refractivity (Wildman–Crippen MR) is 138 cm³/mol. The monoisotopic (exact) mass is 584 g/mol. The van der Waals surface area contributed by atoms with Crippen molar-refractivity contribution in [3.05, 3.63) is 69.4 Å². The van der Waals surface area contributed by atoms with E-state index in [2.05, 4.69) is 31.4 Å². The number of hydrogen-bond acceptors (Lipinski definition) is 7. The highest BCUT2D eigenvalue weighted by Gasteiger charge is 2.44. The Kier molecular flexibility index (Phi) is 6.51. The number of likely N-dealkylation sites (tertiary alicyclic amines) is 1. The number of fused-ring (bicyclic) bond motifs is 2. The summed E-state index contributed by atoms with van der Waals surface area (Å²) in [6.45, 7) is 1.09. The van der Waals surface area contributed by atoms with Crippen LogP contribution >= 0.6 is 27.3 Å². The van der Waals surface area contributed by atoms with Gasteiger partial charge in [0.15, 0.2) is 5.58 Å². The molecule has 0 unspecified atom stereocenters.